The molecule has 0 aliphatic carbocycles. The van der Waals surface area contributed by atoms with Crippen molar-refractivity contribution in [1.29, 1.82) is 0 Å². The SMILES string of the molecule is C[C@@H](CNC1CCN(C(=O)OC(C)(C)C)CC1)c1ccccc1. The van der Waals surface area contributed by atoms with E-state index >= 15 is 0 Å². The van der Waals surface area contributed by atoms with E-state index in [4.69, 9.17) is 4.74 Å². The van der Waals surface area contributed by atoms with Gasteiger partial charge in [0.2, 0.25) is 0 Å². The Kier molecular flexibility index (Phi) is 6.05. The molecule has 1 saturated heterocycles. The molecule has 1 fully saturated rings. The number of carbonyl (C=O) groups is 1. The maximum Gasteiger partial charge on any atom is 0.410 e. The Hall–Kier alpha value is -1.55. The zero-order chi connectivity index (χ0) is 16.9. The molecule has 0 bridgehead atoms. The molecule has 0 spiro atoms. The molecule has 1 aromatic rings. The predicted octanol–water partition coefficient (Wildman–Crippen LogP) is 3.78. The van der Waals surface area contributed by atoms with Crippen LogP contribution in [0.5, 0.6) is 0 Å². The van der Waals surface area contributed by atoms with Crippen molar-refractivity contribution in [1.82, 2.24) is 10.2 Å². The lowest BCUT2D eigenvalue weighted by Gasteiger charge is -2.34. The number of likely N-dealkylation sites (tertiary alicyclic amines) is 1. The lowest BCUT2D eigenvalue weighted by molar-refractivity contribution is 0.0198. The van der Waals surface area contributed by atoms with Gasteiger partial charge in [-0.05, 0) is 45.1 Å². The smallest absolute Gasteiger partial charge is 0.410 e. The van der Waals surface area contributed by atoms with Crippen molar-refractivity contribution in [3.8, 4) is 0 Å². The molecule has 1 aliphatic rings. The van der Waals surface area contributed by atoms with Gasteiger partial charge in [0, 0.05) is 25.7 Å². The van der Waals surface area contributed by atoms with Gasteiger partial charge in [0.15, 0.2) is 0 Å². The topological polar surface area (TPSA) is 41.6 Å². The van der Waals surface area contributed by atoms with Crippen molar-refractivity contribution in [3.05, 3.63) is 35.9 Å². The number of ether oxygens (including phenoxy) is 1. The minimum atomic E-state index is -0.419. The first kappa shape index (κ1) is 17.8. The zero-order valence-corrected chi connectivity index (χ0v) is 14.8. The van der Waals surface area contributed by atoms with Gasteiger partial charge >= 0.3 is 6.09 Å². The molecule has 2 rings (SSSR count). The first-order chi connectivity index (χ1) is 10.8. The number of hydrogen-bond donors (Lipinski definition) is 1. The molecule has 0 aromatic heterocycles. The van der Waals surface area contributed by atoms with Crippen molar-refractivity contribution >= 4 is 6.09 Å². The Morgan fingerprint density at radius 2 is 1.87 bits per heavy atom. The maximum atomic E-state index is 12.1. The lowest BCUT2D eigenvalue weighted by atomic mass is 9.99. The Bertz CT molecular complexity index is 488. The summed E-state index contributed by atoms with van der Waals surface area (Å²) in [5, 5.41) is 3.65. The molecule has 1 N–H and O–H groups in total. The third-order valence-electron chi connectivity index (χ3n) is 4.23. The number of piperidine rings is 1. The van der Waals surface area contributed by atoms with E-state index in [1.54, 1.807) is 0 Å². The molecule has 1 atom stereocenters. The summed E-state index contributed by atoms with van der Waals surface area (Å²) in [6.07, 6.45) is 1.79. The largest absolute Gasteiger partial charge is 0.444 e. The second-order valence-electron chi connectivity index (χ2n) is 7.46. The number of nitrogens with zero attached hydrogens (tertiary/aromatic N) is 1. The van der Waals surface area contributed by atoms with Crippen LogP contribution in [0.4, 0.5) is 4.79 Å². The maximum absolute atomic E-state index is 12.1. The fraction of sp³-hybridized carbons (Fsp3) is 0.632. The second kappa shape index (κ2) is 7.82. The van der Waals surface area contributed by atoms with Crippen LogP contribution in [0.25, 0.3) is 0 Å². The van der Waals surface area contributed by atoms with Crippen LogP contribution in [0.3, 0.4) is 0 Å². The van der Waals surface area contributed by atoms with Gasteiger partial charge in [0.05, 0.1) is 0 Å². The Balaban J connectivity index is 1.72. The highest BCUT2D eigenvalue weighted by Crippen LogP contribution is 2.17. The van der Waals surface area contributed by atoms with Gasteiger partial charge in [-0.3, -0.25) is 0 Å². The standard InChI is InChI=1S/C19H30N2O2/c1-15(16-8-6-5-7-9-16)14-20-17-10-12-21(13-11-17)18(22)23-19(2,3)4/h5-9,15,17,20H,10-14H2,1-4H3/t15-/m0/s1. The highest BCUT2D eigenvalue weighted by molar-refractivity contribution is 5.68. The van der Waals surface area contributed by atoms with Crippen molar-refractivity contribution in [3.63, 3.8) is 0 Å². The molecule has 1 amide bonds. The third kappa shape index (κ3) is 5.87. The summed E-state index contributed by atoms with van der Waals surface area (Å²) in [6, 6.07) is 11.1. The highest BCUT2D eigenvalue weighted by atomic mass is 16.6. The molecule has 1 aliphatic heterocycles. The Labute approximate surface area is 140 Å². The molecular weight excluding hydrogens is 288 g/mol. The predicted molar refractivity (Wildman–Crippen MR) is 93.7 cm³/mol. The normalized spacial score (nSPS) is 17.8. The first-order valence-electron chi connectivity index (χ1n) is 8.61. The fourth-order valence-corrected chi connectivity index (χ4v) is 2.84. The van der Waals surface area contributed by atoms with Crippen molar-refractivity contribution in [2.75, 3.05) is 19.6 Å². The molecule has 0 unspecified atom stereocenters. The van der Waals surface area contributed by atoms with Crippen LogP contribution in [0.1, 0.15) is 52.0 Å². The summed E-state index contributed by atoms with van der Waals surface area (Å²) in [5.41, 5.74) is 0.947. The molecule has 1 heterocycles. The Morgan fingerprint density at radius 3 is 2.43 bits per heavy atom. The summed E-state index contributed by atoms with van der Waals surface area (Å²) in [7, 11) is 0. The van der Waals surface area contributed by atoms with Gasteiger partial charge in [-0.25, -0.2) is 4.79 Å². The van der Waals surface area contributed by atoms with E-state index < -0.39 is 5.60 Å². The van der Waals surface area contributed by atoms with Crippen molar-refractivity contribution < 1.29 is 9.53 Å². The van der Waals surface area contributed by atoms with Crippen molar-refractivity contribution in [2.24, 2.45) is 0 Å². The quantitative estimate of drug-likeness (QED) is 0.918. The molecule has 23 heavy (non-hydrogen) atoms. The van der Waals surface area contributed by atoms with E-state index in [2.05, 4.69) is 42.6 Å². The van der Waals surface area contributed by atoms with Gasteiger partial charge in [0.25, 0.3) is 0 Å². The van der Waals surface area contributed by atoms with Gasteiger partial charge < -0.3 is 15.0 Å². The summed E-state index contributed by atoms with van der Waals surface area (Å²) >= 11 is 0. The van der Waals surface area contributed by atoms with Crippen LogP contribution in [0, 0.1) is 0 Å². The number of rotatable bonds is 4. The number of benzene rings is 1. The molecule has 0 saturated carbocycles. The summed E-state index contributed by atoms with van der Waals surface area (Å²) in [6.45, 7) is 10.5. The van der Waals surface area contributed by atoms with Crippen LogP contribution in [-0.4, -0.2) is 42.3 Å². The average Bonchev–Trinajstić information content (AvgIpc) is 2.52. The molecule has 1 aromatic carbocycles. The number of amides is 1. The molecule has 0 radical (unpaired) electrons. The first-order valence-corrected chi connectivity index (χ1v) is 8.61. The van der Waals surface area contributed by atoms with E-state index in [1.807, 2.05) is 25.7 Å². The van der Waals surface area contributed by atoms with Crippen LogP contribution in [-0.2, 0) is 4.74 Å². The zero-order valence-electron chi connectivity index (χ0n) is 14.8. The molecule has 4 heteroatoms. The third-order valence-corrected chi connectivity index (χ3v) is 4.23. The van der Waals surface area contributed by atoms with Crippen LogP contribution >= 0.6 is 0 Å². The van der Waals surface area contributed by atoms with Crippen LogP contribution < -0.4 is 5.32 Å². The lowest BCUT2D eigenvalue weighted by Crippen LogP contribution is -2.47. The minimum absolute atomic E-state index is 0.186. The monoisotopic (exact) mass is 318 g/mol. The number of nitrogens with one attached hydrogen (secondary N) is 1. The van der Waals surface area contributed by atoms with Crippen LogP contribution in [0.15, 0.2) is 30.3 Å². The van der Waals surface area contributed by atoms with Gasteiger partial charge in [-0.15, -0.1) is 0 Å². The van der Waals surface area contributed by atoms with E-state index in [0.29, 0.717) is 12.0 Å². The van der Waals surface area contributed by atoms with Gasteiger partial charge in [0.1, 0.15) is 5.60 Å². The molecule has 4 nitrogen and oxygen atoms in total. The molecular formula is C19H30N2O2. The summed E-state index contributed by atoms with van der Waals surface area (Å²) < 4.78 is 5.44. The van der Waals surface area contributed by atoms with E-state index in [-0.39, 0.29) is 6.09 Å². The van der Waals surface area contributed by atoms with Gasteiger partial charge in [-0.1, -0.05) is 37.3 Å². The average molecular weight is 318 g/mol. The summed E-state index contributed by atoms with van der Waals surface area (Å²) in [5.74, 6) is 0.500. The van der Waals surface area contributed by atoms with E-state index in [1.165, 1.54) is 5.56 Å². The van der Waals surface area contributed by atoms with E-state index in [9.17, 15) is 4.79 Å². The van der Waals surface area contributed by atoms with Crippen molar-refractivity contribution in [2.45, 2.75) is 58.1 Å². The van der Waals surface area contributed by atoms with Crippen LogP contribution in [0.2, 0.25) is 0 Å². The summed E-state index contributed by atoms with van der Waals surface area (Å²) in [4.78, 5) is 13.9. The van der Waals surface area contributed by atoms with Gasteiger partial charge in [-0.2, -0.15) is 0 Å². The Morgan fingerprint density at radius 1 is 1.26 bits per heavy atom. The second-order valence-corrected chi connectivity index (χ2v) is 7.46. The fourth-order valence-electron chi connectivity index (χ4n) is 2.84. The molecule has 128 valence electrons. The number of carbonyl (C=O) groups excluding carboxylic acids is 1. The highest BCUT2D eigenvalue weighted by Gasteiger charge is 2.26. The number of hydrogen-bond acceptors (Lipinski definition) is 3. The minimum Gasteiger partial charge on any atom is -0.444 e. The van der Waals surface area contributed by atoms with E-state index in [0.717, 1.165) is 32.5 Å².